The molecule has 0 aromatic carbocycles. The van der Waals surface area contributed by atoms with Crippen molar-refractivity contribution in [3.63, 3.8) is 0 Å². The molecule has 0 aliphatic carbocycles. The third-order valence-electron chi connectivity index (χ3n) is 2.12. The van der Waals surface area contributed by atoms with E-state index in [2.05, 4.69) is 6.92 Å². The molecular weight excluding hydrogens is 226 g/mol. The van der Waals surface area contributed by atoms with E-state index in [0.29, 0.717) is 12.4 Å². The van der Waals surface area contributed by atoms with Gasteiger partial charge in [0, 0.05) is 19.0 Å². The summed E-state index contributed by atoms with van der Waals surface area (Å²) in [6.45, 7) is 9.46. The van der Waals surface area contributed by atoms with Crippen LogP contribution in [-0.4, -0.2) is 42.0 Å². The standard InChI is InChI=1S/C12H24ClNO2/c1-5-6-8-14(9-7-13)11(15)10-16-12(2,3)4/h5-10H2,1-4H3. The van der Waals surface area contributed by atoms with Crippen LogP contribution in [0.15, 0.2) is 0 Å². The first-order valence-corrected chi connectivity index (χ1v) is 6.42. The summed E-state index contributed by atoms with van der Waals surface area (Å²) >= 11 is 5.67. The average Bonchev–Trinajstić information content (AvgIpc) is 2.19. The number of amides is 1. The highest BCUT2D eigenvalue weighted by Gasteiger charge is 2.17. The summed E-state index contributed by atoms with van der Waals surface area (Å²) in [4.78, 5) is 13.6. The van der Waals surface area contributed by atoms with Crippen LogP contribution >= 0.6 is 11.6 Å². The molecule has 4 heteroatoms. The topological polar surface area (TPSA) is 29.5 Å². The Hall–Kier alpha value is -0.280. The molecular formula is C12H24ClNO2. The summed E-state index contributed by atoms with van der Waals surface area (Å²) in [7, 11) is 0. The largest absolute Gasteiger partial charge is 0.366 e. The van der Waals surface area contributed by atoms with Crippen LogP contribution in [-0.2, 0) is 9.53 Å². The number of halogens is 1. The number of unbranched alkanes of at least 4 members (excludes halogenated alkanes) is 1. The zero-order valence-electron chi connectivity index (χ0n) is 10.9. The van der Waals surface area contributed by atoms with Crippen LogP contribution in [0.1, 0.15) is 40.5 Å². The van der Waals surface area contributed by atoms with Gasteiger partial charge in [0.2, 0.25) is 5.91 Å². The van der Waals surface area contributed by atoms with Crippen molar-refractivity contribution in [3.8, 4) is 0 Å². The molecule has 0 N–H and O–H groups in total. The molecule has 96 valence electrons. The van der Waals surface area contributed by atoms with E-state index < -0.39 is 0 Å². The highest BCUT2D eigenvalue weighted by atomic mass is 35.5. The highest BCUT2D eigenvalue weighted by molar-refractivity contribution is 6.18. The van der Waals surface area contributed by atoms with Crippen molar-refractivity contribution in [3.05, 3.63) is 0 Å². The molecule has 16 heavy (non-hydrogen) atoms. The summed E-state index contributed by atoms with van der Waals surface area (Å²) in [5.74, 6) is 0.509. The number of hydrogen-bond donors (Lipinski definition) is 0. The lowest BCUT2D eigenvalue weighted by Gasteiger charge is -2.24. The predicted octanol–water partition coefficient (Wildman–Crippen LogP) is 2.67. The summed E-state index contributed by atoms with van der Waals surface area (Å²) in [5, 5.41) is 0. The van der Waals surface area contributed by atoms with Gasteiger partial charge in [0.25, 0.3) is 0 Å². The van der Waals surface area contributed by atoms with Gasteiger partial charge in [-0.05, 0) is 27.2 Å². The van der Waals surface area contributed by atoms with Gasteiger partial charge in [0.1, 0.15) is 6.61 Å². The molecule has 0 unspecified atom stereocenters. The molecule has 0 fully saturated rings. The van der Waals surface area contributed by atoms with E-state index in [9.17, 15) is 4.79 Å². The molecule has 0 spiro atoms. The van der Waals surface area contributed by atoms with Crippen molar-refractivity contribution >= 4 is 17.5 Å². The van der Waals surface area contributed by atoms with Gasteiger partial charge in [-0.15, -0.1) is 11.6 Å². The van der Waals surface area contributed by atoms with Gasteiger partial charge >= 0.3 is 0 Å². The Bertz CT molecular complexity index is 202. The molecule has 0 heterocycles. The first-order valence-electron chi connectivity index (χ1n) is 5.88. The molecule has 1 amide bonds. The van der Waals surface area contributed by atoms with E-state index in [0.717, 1.165) is 19.4 Å². The van der Waals surface area contributed by atoms with Gasteiger partial charge < -0.3 is 9.64 Å². The van der Waals surface area contributed by atoms with E-state index in [1.165, 1.54) is 0 Å². The van der Waals surface area contributed by atoms with Crippen LogP contribution in [0.5, 0.6) is 0 Å². The number of rotatable bonds is 7. The summed E-state index contributed by atoms with van der Waals surface area (Å²) in [6, 6.07) is 0. The summed E-state index contributed by atoms with van der Waals surface area (Å²) in [5.41, 5.74) is -0.271. The maximum Gasteiger partial charge on any atom is 0.248 e. The van der Waals surface area contributed by atoms with Crippen LogP contribution in [0.3, 0.4) is 0 Å². The Labute approximate surface area is 104 Å². The van der Waals surface area contributed by atoms with Gasteiger partial charge in [-0.3, -0.25) is 4.79 Å². The van der Waals surface area contributed by atoms with Crippen LogP contribution < -0.4 is 0 Å². The fourth-order valence-electron chi connectivity index (χ4n) is 1.18. The Kier molecular flexibility index (Phi) is 7.77. The zero-order valence-corrected chi connectivity index (χ0v) is 11.6. The van der Waals surface area contributed by atoms with Gasteiger partial charge in [-0.2, -0.15) is 0 Å². The number of nitrogens with zero attached hydrogens (tertiary/aromatic N) is 1. The van der Waals surface area contributed by atoms with E-state index in [4.69, 9.17) is 16.3 Å². The maximum absolute atomic E-state index is 11.8. The van der Waals surface area contributed by atoms with Crippen LogP contribution in [0, 0.1) is 0 Å². The molecule has 3 nitrogen and oxygen atoms in total. The SMILES string of the molecule is CCCCN(CCCl)C(=O)COC(C)(C)C. The van der Waals surface area contributed by atoms with Gasteiger partial charge in [-0.25, -0.2) is 0 Å². The fourth-order valence-corrected chi connectivity index (χ4v) is 1.39. The molecule has 0 atom stereocenters. The Morgan fingerprint density at radius 1 is 1.31 bits per heavy atom. The Morgan fingerprint density at radius 3 is 2.38 bits per heavy atom. The second kappa shape index (κ2) is 7.91. The van der Waals surface area contributed by atoms with Crippen molar-refractivity contribution in [2.45, 2.75) is 46.1 Å². The number of hydrogen-bond acceptors (Lipinski definition) is 2. The molecule has 0 radical (unpaired) electrons. The predicted molar refractivity (Wildman–Crippen MR) is 67.9 cm³/mol. The average molecular weight is 250 g/mol. The van der Waals surface area contributed by atoms with Crippen molar-refractivity contribution in [1.82, 2.24) is 4.90 Å². The van der Waals surface area contributed by atoms with E-state index in [-0.39, 0.29) is 18.1 Å². The Balaban J connectivity index is 4.05. The molecule has 0 aliphatic heterocycles. The second-order valence-electron chi connectivity index (χ2n) is 4.82. The van der Waals surface area contributed by atoms with Crippen molar-refractivity contribution in [2.24, 2.45) is 0 Å². The number of ether oxygens (including phenoxy) is 1. The first-order chi connectivity index (χ1) is 7.40. The quantitative estimate of drug-likeness (QED) is 0.650. The van der Waals surface area contributed by atoms with E-state index >= 15 is 0 Å². The molecule has 0 bridgehead atoms. The van der Waals surface area contributed by atoms with Crippen LogP contribution in [0.4, 0.5) is 0 Å². The fraction of sp³-hybridized carbons (Fsp3) is 0.917. The minimum absolute atomic E-state index is 0.0315. The van der Waals surface area contributed by atoms with Gasteiger partial charge in [0.05, 0.1) is 5.60 Å². The second-order valence-corrected chi connectivity index (χ2v) is 5.20. The maximum atomic E-state index is 11.8. The zero-order chi connectivity index (χ0) is 12.6. The van der Waals surface area contributed by atoms with Crippen LogP contribution in [0.2, 0.25) is 0 Å². The minimum Gasteiger partial charge on any atom is -0.366 e. The summed E-state index contributed by atoms with van der Waals surface area (Å²) < 4.78 is 5.46. The Morgan fingerprint density at radius 2 is 1.94 bits per heavy atom. The smallest absolute Gasteiger partial charge is 0.248 e. The third-order valence-corrected chi connectivity index (χ3v) is 2.29. The molecule has 0 saturated carbocycles. The minimum atomic E-state index is -0.271. The lowest BCUT2D eigenvalue weighted by Crippen LogP contribution is -2.38. The van der Waals surface area contributed by atoms with Crippen molar-refractivity contribution in [1.29, 1.82) is 0 Å². The number of carbonyl (C=O) groups is 1. The van der Waals surface area contributed by atoms with E-state index in [1.54, 1.807) is 4.90 Å². The molecule has 0 saturated heterocycles. The van der Waals surface area contributed by atoms with E-state index in [1.807, 2.05) is 20.8 Å². The summed E-state index contributed by atoms with van der Waals surface area (Å²) in [6.07, 6.45) is 2.09. The van der Waals surface area contributed by atoms with Crippen molar-refractivity contribution in [2.75, 3.05) is 25.6 Å². The molecule has 0 rings (SSSR count). The van der Waals surface area contributed by atoms with Gasteiger partial charge in [0.15, 0.2) is 0 Å². The molecule has 0 aromatic rings. The lowest BCUT2D eigenvalue weighted by molar-refractivity contribution is -0.140. The number of alkyl halides is 1. The number of carbonyl (C=O) groups excluding carboxylic acids is 1. The van der Waals surface area contributed by atoms with Crippen molar-refractivity contribution < 1.29 is 9.53 Å². The molecule has 0 aliphatic rings. The highest BCUT2D eigenvalue weighted by Crippen LogP contribution is 2.07. The lowest BCUT2D eigenvalue weighted by atomic mass is 10.2. The first kappa shape index (κ1) is 15.7. The van der Waals surface area contributed by atoms with Crippen LogP contribution in [0.25, 0.3) is 0 Å². The third kappa shape index (κ3) is 7.94. The molecule has 0 aromatic heterocycles. The normalized spacial score (nSPS) is 11.6. The van der Waals surface area contributed by atoms with Gasteiger partial charge in [-0.1, -0.05) is 13.3 Å². The monoisotopic (exact) mass is 249 g/mol.